The van der Waals surface area contributed by atoms with Crippen molar-refractivity contribution in [2.75, 3.05) is 13.2 Å². The van der Waals surface area contributed by atoms with E-state index < -0.39 is 0 Å². The molecule has 0 aliphatic rings. The third-order valence-electron chi connectivity index (χ3n) is 1.10. The Morgan fingerprint density at radius 3 is 2.91 bits per heavy atom. The Morgan fingerprint density at radius 1 is 1.64 bits per heavy atom. The van der Waals surface area contributed by atoms with E-state index in [1.807, 2.05) is 6.92 Å². The third kappa shape index (κ3) is 7.06. The second-order valence-corrected chi connectivity index (χ2v) is 2.11. The normalized spacial score (nSPS) is 10.4. The molecule has 0 aliphatic heterocycles. The molecule has 0 aromatic rings. The van der Waals surface area contributed by atoms with Crippen molar-refractivity contribution in [3.05, 3.63) is 12.2 Å². The summed E-state index contributed by atoms with van der Waals surface area (Å²) in [6.07, 6.45) is 4.49. The molecule has 3 heteroatoms. The second kappa shape index (κ2) is 7.28. The molecule has 3 nitrogen and oxygen atoms in total. The summed E-state index contributed by atoms with van der Waals surface area (Å²) in [5.41, 5.74) is 0. The van der Waals surface area contributed by atoms with E-state index in [4.69, 9.17) is 9.84 Å². The predicted octanol–water partition coefficient (Wildman–Crippen LogP) is 0.878. The highest BCUT2D eigenvalue weighted by atomic mass is 16.5. The van der Waals surface area contributed by atoms with Crippen molar-refractivity contribution in [3.8, 4) is 0 Å². The molecule has 0 amide bonds. The molecule has 0 radical (unpaired) electrons. The lowest BCUT2D eigenvalue weighted by Crippen LogP contribution is -2.01. The number of esters is 1. The first kappa shape index (κ1) is 10.2. The van der Waals surface area contributed by atoms with Gasteiger partial charge in [-0.15, -0.1) is 0 Å². The lowest BCUT2D eigenvalue weighted by molar-refractivity contribution is -0.137. The summed E-state index contributed by atoms with van der Waals surface area (Å²) in [5.74, 6) is -0.382. The summed E-state index contributed by atoms with van der Waals surface area (Å²) in [7, 11) is 0. The Kier molecular flexibility index (Phi) is 6.73. The molecule has 0 aromatic heterocycles. The largest absolute Gasteiger partial charge is 0.463 e. The van der Waals surface area contributed by atoms with E-state index >= 15 is 0 Å². The Hall–Kier alpha value is -0.830. The minimum absolute atomic E-state index is 0.122. The zero-order valence-electron chi connectivity index (χ0n) is 6.75. The predicted molar refractivity (Wildman–Crippen MR) is 42.1 cm³/mol. The highest BCUT2D eigenvalue weighted by molar-refractivity contribution is 5.81. The molecule has 64 valence electrons. The van der Waals surface area contributed by atoms with Crippen molar-refractivity contribution in [2.45, 2.75) is 19.8 Å². The topological polar surface area (TPSA) is 46.5 Å². The SMILES string of the molecule is CCCCOC(=O)C=CCO. The van der Waals surface area contributed by atoms with Crippen LogP contribution in [0.5, 0.6) is 0 Å². The van der Waals surface area contributed by atoms with E-state index in [0.717, 1.165) is 12.8 Å². The van der Waals surface area contributed by atoms with Gasteiger partial charge in [0.05, 0.1) is 13.2 Å². The molecule has 0 unspecified atom stereocenters. The van der Waals surface area contributed by atoms with Crippen LogP contribution in [-0.2, 0) is 9.53 Å². The van der Waals surface area contributed by atoms with Crippen LogP contribution in [0.2, 0.25) is 0 Å². The number of hydrogen-bond donors (Lipinski definition) is 1. The molecular formula is C8H14O3. The lowest BCUT2D eigenvalue weighted by Gasteiger charge is -1.97. The van der Waals surface area contributed by atoms with Crippen LogP contribution in [0, 0.1) is 0 Å². The molecule has 11 heavy (non-hydrogen) atoms. The molecule has 1 N–H and O–H groups in total. The van der Waals surface area contributed by atoms with Gasteiger partial charge in [0.25, 0.3) is 0 Å². The van der Waals surface area contributed by atoms with Crippen LogP contribution in [0.3, 0.4) is 0 Å². The summed E-state index contributed by atoms with van der Waals surface area (Å²) in [5, 5.41) is 8.29. The van der Waals surface area contributed by atoms with E-state index in [1.54, 1.807) is 0 Å². The monoisotopic (exact) mass is 158 g/mol. The fourth-order valence-corrected chi connectivity index (χ4v) is 0.514. The maximum absolute atomic E-state index is 10.7. The maximum atomic E-state index is 10.7. The fourth-order valence-electron chi connectivity index (χ4n) is 0.514. The number of aliphatic hydroxyl groups excluding tert-OH is 1. The van der Waals surface area contributed by atoms with Crippen LogP contribution in [0.4, 0.5) is 0 Å². The molecule has 0 saturated carbocycles. The number of hydrogen-bond acceptors (Lipinski definition) is 3. The molecule has 0 fully saturated rings. The van der Waals surface area contributed by atoms with Crippen molar-refractivity contribution < 1.29 is 14.6 Å². The molecular weight excluding hydrogens is 144 g/mol. The molecule has 0 bridgehead atoms. The van der Waals surface area contributed by atoms with Gasteiger partial charge in [0, 0.05) is 6.08 Å². The van der Waals surface area contributed by atoms with E-state index in [-0.39, 0.29) is 12.6 Å². The number of carbonyl (C=O) groups excluding carboxylic acids is 1. The molecule has 0 saturated heterocycles. The van der Waals surface area contributed by atoms with Gasteiger partial charge in [-0.1, -0.05) is 19.4 Å². The number of rotatable bonds is 5. The minimum Gasteiger partial charge on any atom is -0.463 e. The molecule has 0 aliphatic carbocycles. The van der Waals surface area contributed by atoms with Gasteiger partial charge in [-0.2, -0.15) is 0 Å². The summed E-state index contributed by atoms with van der Waals surface area (Å²) in [6, 6.07) is 0. The Balaban J connectivity index is 3.30. The van der Waals surface area contributed by atoms with E-state index in [9.17, 15) is 4.79 Å². The van der Waals surface area contributed by atoms with Gasteiger partial charge < -0.3 is 9.84 Å². The summed E-state index contributed by atoms with van der Waals surface area (Å²) in [4.78, 5) is 10.7. The van der Waals surface area contributed by atoms with E-state index in [2.05, 4.69) is 0 Å². The summed E-state index contributed by atoms with van der Waals surface area (Å²) < 4.78 is 4.75. The highest BCUT2D eigenvalue weighted by Crippen LogP contribution is 1.89. The first-order chi connectivity index (χ1) is 5.31. The second-order valence-electron chi connectivity index (χ2n) is 2.11. The van der Waals surface area contributed by atoms with Crippen molar-refractivity contribution >= 4 is 5.97 Å². The molecule has 0 aromatic carbocycles. The minimum atomic E-state index is -0.382. The van der Waals surface area contributed by atoms with Crippen LogP contribution in [0.15, 0.2) is 12.2 Å². The van der Waals surface area contributed by atoms with Gasteiger partial charge >= 0.3 is 5.97 Å². The van der Waals surface area contributed by atoms with Gasteiger partial charge in [-0.05, 0) is 6.42 Å². The Morgan fingerprint density at radius 2 is 2.36 bits per heavy atom. The Labute approximate surface area is 66.7 Å². The van der Waals surface area contributed by atoms with Crippen molar-refractivity contribution in [3.63, 3.8) is 0 Å². The fraction of sp³-hybridized carbons (Fsp3) is 0.625. The van der Waals surface area contributed by atoms with Gasteiger partial charge in [0.15, 0.2) is 0 Å². The van der Waals surface area contributed by atoms with Gasteiger partial charge in [0.1, 0.15) is 0 Å². The zero-order chi connectivity index (χ0) is 8.53. The first-order valence-corrected chi connectivity index (χ1v) is 3.75. The average Bonchev–Trinajstić information content (AvgIpc) is 2.01. The molecule has 0 spiro atoms. The average molecular weight is 158 g/mol. The van der Waals surface area contributed by atoms with Crippen molar-refractivity contribution in [2.24, 2.45) is 0 Å². The van der Waals surface area contributed by atoms with Crippen LogP contribution in [-0.4, -0.2) is 24.3 Å². The van der Waals surface area contributed by atoms with Crippen LogP contribution in [0.25, 0.3) is 0 Å². The van der Waals surface area contributed by atoms with Crippen molar-refractivity contribution in [1.82, 2.24) is 0 Å². The number of unbranched alkanes of at least 4 members (excludes halogenated alkanes) is 1. The quantitative estimate of drug-likeness (QED) is 0.367. The third-order valence-corrected chi connectivity index (χ3v) is 1.10. The van der Waals surface area contributed by atoms with Crippen LogP contribution < -0.4 is 0 Å². The molecule has 0 atom stereocenters. The lowest BCUT2D eigenvalue weighted by atomic mass is 10.4. The van der Waals surface area contributed by atoms with Crippen LogP contribution >= 0.6 is 0 Å². The van der Waals surface area contributed by atoms with Gasteiger partial charge in [0.2, 0.25) is 0 Å². The maximum Gasteiger partial charge on any atom is 0.330 e. The highest BCUT2D eigenvalue weighted by Gasteiger charge is 1.93. The van der Waals surface area contributed by atoms with E-state index in [0.29, 0.717) is 6.61 Å². The van der Waals surface area contributed by atoms with Gasteiger partial charge in [-0.25, -0.2) is 4.79 Å². The van der Waals surface area contributed by atoms with Crippen molar-refractivity contribution in [1.29, 1.82) is 0 Å². The molecule has 0 heterocycles. The van der Waals surface area contributed by atoms with E-state index in [1.165, 1.54) is 12.2 Å². The van der Waals surface area contributed by atoms with Crippen LogP contribution in [0.1, 0.15) is 19.8 Å². The Bertz CT molecular complexity index is 129. The number of aliphatic hydroxyl groups is 1. The van der Waals surface area contributed by atoms with Gasteiger partial charge in [-0.3, -0.25) is 0 Å². The zero-order valence-corrected chi connectivity index (χ0v) is 6.75. The standard InChI is InChI=1S/C8H14O3/c1-2-3-7-11-8(10)5-4-6-9/h4-5,9H,2-3,6-7H2,1H3. The summed E-state index contributed by atoms with van der Waals surface area (Å²) >= 11 is 0. The first-order valence-electron chi connectivity index (χ1n) is 3.75. The number of ether oxygens (including phenoxy) is 1. The summed E-state index contributed by atoms with van der Waals surface area (Å²) in [6.45, 7) is 2.37. The number of carbonyl (C=O) groups is 1. The smallest absolute Gasteiger partial charge is 0.330 e. The molecule has 0 rings (SSSR count).